The molecule has 3 rings (SSSR count). The van der Waals surface area contributed by atoms with Crippen molar-refractivity contribution in [2.75, 3.05) is 13.7 Å². The largest absolute Gasteiger partial charge is 0.497 e. The fraction of sp³-hybridized carbons (Fsp3) is 0.350. The molecule has 2 aliphatic rings. The fourth-order valence-electron chi connectivity index (χ4n) is 3.13. The minimum absolute atomic E-state index is 0.0431. The molecule has 24 heavy (non-hydrogen) atoms. The van der Waals surface area contributed by atoms with E-state index in [0.29, 0.717) is 13.0 Å². The van der Waals surface area contributed by atoms with Crippen LogP contribution < -0.4 is 4.74 Å². The standard InChI is InChI=1S/C20H22O4/c1-3-23-20(21)12-15-11-14-7-6-8-16(22-2)13-19(14)24-18-10-5-4-9-17(15)18/h4-5,7-10,13,15H,3,6,11-12H2,1-2H3. The Morgan fingerprint density at radius 1 is 1.29 bits per heavy atom. The first-order chi connectivity index (χ1) is 11.7. The van der Waals surface area contributed by atoms with Crippen LogP contribution in [0.1, 0.15) is 37.7 Å². The Labute approximate surface area is 142 Å². The predicted molar refractivity (Wildman–Crippen MR) is 91.6 cm³/mol. The van der Waals surface area contributed by atoms with Crippen molar-refractivity contribution in [3.63, 3.8) is 0 Å². The van der Waals surface area contributed by atoms with Crippen LogP contribution in [0.4, 0.5) is 0 Å². The highest BCUT2D eigenvalue weighted by molar-refractivity contribution is 5.71. The molecule has 0 amide bonds. The average molecular weight is 326 g/mol. The van der Waals surface area contributed by atoms with Gasteiger partial charge in [0, 0.05) is 12.0 Å². The second-order valence-corrected chi connectivity index (χ2v) is 5.83. The van der Waals surface area contributed by atoms with Gasteiger partial charge in [-0.25, -0.2) is 0 Å². The molecule has 1 unspecified atom stereocenters. The quantitative estimate of drug-likeness (QED) is 0.776. The van der Waals surface area contributed by atoms with Crippen LogP contribution in [-0.2, 0) is 14.3 Å². The number of esters is 1. The molecule has 0 saturated heterocycles. The molecule has 1 aliphatic carbocycles. The lowest BCUT2D eigenvalue weighted by molar-refractivity contribution is -0.143. The summed E-state index contributed by atoms with van der Waals surface area (Å²) in [6, 6.07) is 7.89. The second kappa shape index (κ2) is 7.39. The van der Waals surface area contributed by atoms with E-state index in [2.05, 4.69) is 6.08 Å². The van der Waals surface area contributed by atoms with Crippen molar-refractivity contribution in [1.82, 2.24) is 0 Å². The Morgan fingerprint density at radius 3 is 2.92 bits per heavy atom. The van der Waals surface area contributed by atoms with Crippen molar-refractivity contribution < 1.29 is 19.0 Å². The van der Waals surface area contributed by atoms with Gasteiger partial charge in [0.15, 0.2) is 0 Å². The first kappa shape index (κ1) is 16.4. The number of carbonyl (C=O) groups is 1. The van der Waals surface area contributed by atoms with Crippen LogP contribution in [0.15, 0.2) is 59.6 Å². The molecule has 0 aromatic heterocycles. The van der Waals surface area contributed by atoms with E-state index >= 15 is 0 Å². The van der Waals surface area contributed by atoms with Crippen molar-refractivity contribution in [1.29, 1.82) is 0 Å². The maximum Gasteiger partial charge on any atom is 0.306 e. The van der Waals surface area contributed by atoms with E-state index in [4.69, 9.17) is 14.2 Å². The SMILES string of the molecule is CCOC(=O)CC1CC2=CCC=C(OC)C=C2Oc2ccccc21. The summed E-state index contributed by atoms with van der Waals surface area (Å²) in [4.78, 5) is 12.0. The minimum atomic E-state index is -0.172. The Morgan fingerprint density at radius 2 is 2.12 bits per heavy atom. The van der Waals surface area contributed by atoms with Crippen LogP contribution in [0.5, 0.6) is 5.75 Å². The van der Waals surface area contributed by atoms with Crippen LogP contribution in [0.25, 0.3) is 0 Å². The van der Waals surface area contributed by atoms with E-state index in [1.54, 1.807) is 7.11 Å². The van der Waals surface area contributed by atoms with Crippen LogP contribution in [0.2, 0.25) is 0 Å². The van der Waals surface area contributed by atoms with E-state index in [9.17, 15) is 4.79 Å². The van der Waals surface area contributed by atoms with E-state index in [1.807, 2.05) is 43.3 Å². The Bertz CT molecular complexity index is 712. The lowest BCUT2D eigenvalue weighted by atomic mass is 9.89. The van der Waals surface area contributed by atoms with Crippen LogP contribution in [0, 0.1) is 0 Å². The molecular weight excluding hydrogens is 304 g/mol. The van der Waals surface area contributed by atoms with Gasteiger partial charge < -0.3 is 14.2 Å². The summed E-state index contributed by atoms with van der Waals surface area (Å²) in [5.74, 6) is 2.24. The molecule has 4 nitrogen and oxygen atoms in total. The summed E-state index contributed by atoms with van der Waals surface area (Å²) in [5, 5.41) is 0. The molecule has 4 heteroatoms. The van der Waals surface area contributed by atoms with Gasteiger partial charge in [0.25, 0.3) is 0 Å². The lowest BCUT2D eigenvalue weighted by Crippen LogP contribution is -2.10. The van der Waals surface area contributed by atoms with Gasteiger partial charge in [-0.15, -0.1) is 0 Å². The second-order valence-electron chi connectivity index (χ2n) is 5.83. The van der Waals surface area contributed by atoms with Gasteiger partial charge in [0.05, 0.1) is 20.1 Å². The van der Waals surface area contributed by atoms with Gasteiger partial charge in [0.1, 0.15) is 17.3 Å². The number of fused-ring (bicyclic) bond motifs is 2. The molecule has 1 heterocycles. The number of allylic oxidation sites excluding steroid dienone is 4. The van der Waals surface area contributed by atoms with Crippen molar-refractivity contribution in [3.8, 4) is 5.75 Å². The highest BCUT2D eigenvalue weighted by Gasteiger charge is 2.28. The number of benzene rings is 1. The number of para-hydroxylation sites is 1. The first-order valence-electron chi connectivity index (χ1n) is 8.29. The minimum Gasteiger partial charge on any atom is -0.497 e. The van der Waals surface area contributed by atoms with Gasteiger partial charge in [-0.2, -0.15) is 0 Å². The number of hydrogen-bond acceptors (Lipinski definition) is 4. The lowest BCUT2D eigenvalue weighted by Gasteiger charge is -2.15. The zero-order valence-corrected chi connectivity index (χ0v) is 14.1. The molecule has 0 N–H and O–H groups in total. The summed E-state index contributed by atoms with van der Waals surface area (Å²) < 4.78 is 16.7. The van der Waals surface area contributed by atoms with Crippen molar-refractivity contribution in [3.05, 3.63) is 65.1 Å². The zero-order valence-electron chi connectivity index (χ0n) is 14.1. The summed E-state index contributed by atoms with van der Waals surface area (Å²) in [6.45, 7) is 2.23. The Hall–Kier alpha value is -2.49. The number of ether oxygens (including phenoxy) is 3. The van der Waals surface area contributed by atoms with Crippen molar-refractivity contribution in [2.24, 2.45) is 0 Å². The van der Waals surface area contributed by atoms with Crippen molar-refractivity contribution >= 4 is 5.97 Å². The normalized spacial score (nSPS) is 19.2. The van der Waals surface area contributed by atoms with Crippen LogP contribution in [0.3, 0.4) is 0 Å². The molecule has 126 valence electrons. The smallest absolute Gasteiger partial charge is 0.306 e. The number of carbonyl (C=O) groups excluding carboxylic acids is 1. The molecule has 1 aromatic rings. The third kappa shape index (κ3) is 3.53. The summed E-state index contributed by atoms with van der Waals surface area (Å²) in [6.07, 6.45) is 7.95. The third-order valence-electron chi connectivity index (χ3n) is 4.27. The predicted octanol–water partition coefficient (Wildman–Crippen LogP) is 4.25. The topological polar surface area (TPSA) is 44.8 Å². The molecule has 1 aliphatic heterocycles. The molecule has 0 radical (unpaired) electrons. The number of rotatable bonds is 4. The molecule has 1 aromatic carbocycles. The highest BCUT2D eigenvalue weighted by Crippen LogP contribution is 2.41. The fourth-order valence-corrected chi connectivity index (χ4v) is 3.13. The molecule has 0 spiro atoms. The van der Waals surface area contributed by atoms with E-state index in [0.717, 1.165) is 41.2 Å². The first-order valence-corrected chi connectivity index (χ1v) is 8.29. The Balaban J connectivity index is 1.96. The average Bonchev–Trinajstić information content (AvgIpc) is 2.84. The Kier molecular flexibility index (Phi) is 5.04. The van der Waals surface area contributed by atoms with E-state index in [-0.39, 0.29) is 11.9 Å². The maximum absolute atomic E-state index is 12.0. The van der Waals surface area contributed by atoms with E-state index < -0.39 is 0 Å². The van der Waals surface area contributed by atoms with E-state index in [1.165, 1.54) is 0 Å². The summed E-state index contributed by atoms with van der Waals surface area (Å²) in [5.41, 5.74) is 2.15. The third-order valence-corrected chi connectivity index (χ3v) is 4.27. The van der Waals surface area contributed by atoms with Crippen molar-refractivity contribution in [2.45, 2.75) is 32.1 Å². The van der Waals surface area contributed by atoms with Gasteiger partial charge in [-0.1, -0.05) is 24.3 Å². The number of methoxy groups -OCH3 is 1. The monoisotopic (exact) mass is 326 g/mol. The molecule has 0 bridgehead atoms. The van der Waals surface area contributed by atoms with Crippen LogP contribution >= 0.6 is 0 Å². The van der Waals surface area contributed by atoms with Gasteiger partial charge in [-0.05, 0) is 43.0 Å². The van der Waals surface area contributed by atoms with Gasteiger partial charge >= 0.3 is 5.97 Å². The summed E-state index contributed by atoms with van der Waals surface area (Å²) in [7, 11) is 1.65. The highest BCUT2D eigenvalue weighted by atomic mass is 16.5. The van der Waals surface area contributed by atoms with Gasteiger partial charge in [0.2, 0.25) is 0 Å². The van der Waals surface area contributed by atoms with Gasteiger partial charge in [-0.3, -0.25) is 4.79 Å². The molecular formula is C20H22O4. The number of hydrogen-bond donors (Lipinski definition) is 0. The molecule has 0 fully saturated rings. The maximum atomic E-state index is 12.0. The molecule has 0 saturated carbocycles. The summed E-state index contributed by atoms with van der Waals surface area (Å²) >= 11 is 0. The van der Waals surface area contributed by atoms with Crippen LogP contribution in [-0.4, -0.2) is 19.7 Å². The molecule has 1 atom stereocenters. The zero-order chi connectivity index (χ0) is 16.9.